The number of aromatic hydroxyl groups is 1. The van der Waals surface area contributed by atoms with E-state index in [1.807, 2.05) is 48.5 Å². The Morgan fingerprint density at radius 3 is 2.62 bits per heavy atom. The van der Waals surface area contributed by atoms with Gasteiger partial charge in [0.05, 0.1) is 12.1 Å². The van der Waals surface area contributed by atoms with E-state index in [1.165, 1.54) is 16.2 Å². The number of azo groups is 1. The molecule has 0 aliphatic heterocycles. The summed E-state index contributed by atoms with van der Waals surface area (Å²) in [6, 6.07) is 20.6. The Morgan fingerprint density at radius 2 is 1.77 bits per heavy atom. The number of aromatic nitrogens is 5. The first-order valence-electron chi connectivity index (χ1n) is 12.1. The van der Waals surface area contributed by atoms with Crippen molar-refractivity contribution in [2.75, 3.05) is 6.61 Å². The minimum atomic E-state index is -1.07. The predicted molar refractivity (Wildman–Crippen MR) is 145 cm³/mol. The molecule has 0 saturated carbocycles. The number of fused-ring (bicyclic) bond motifs is 3. The molecule has 6 aromatic rings. The lowest BCUT2D eigenvalue weighted by Crippen LogP contribution is -2.30. The fraction of sp³-hybridized carbons (Fsp3) is 0.148. The van der Waals surface area contributed by atoms with E-state index < -0.39 is 17.4 Å². The zero-order valence-corrected chi connectivity index (χ0v) is 20.7. The molecule has 3 aromatic carbocycles. The lowest BCUT2D eigenvalue weighted by atomic mass is 10.1. The Kier molecular flexibility index (Phi) is 5.92. The molecule has 4 N–H and O–H groups in total. The third-order valence-electron chi connectivity index (χ3n) is 6.44. The zero-order valence-electron chi connectivity index (χ0n) is 20.7. The third-order valence-corrected chi connectivity index (χ3v) is 6.44. The first kappa shape index (κ1) is 24.1. The molecule has 0 unspecified atom stereocenters. The number of nitrogens with zero attached hydrogens (tertiary/aromatic N) is 5. The molecule has 12 nitrogen and oxygen atoms in total. The largest absolute Gasteiger partial charge is 0.493 e. The Morgan fingerprint density at radius 1 is 1.00 bits per heavy atom. The Labute approximate surface area is 219 Å². The van der Waals surface area contributed by atoms with Crippen molar-refractivity contribution in [3.05, 3.63) is 87.6 Å². The zero-order chi connectivity index (χ0) is 27.1. The maximum atomic E-state index is 12.8. The molecule has 0 amide bonds. The summed E-state index contributed by atoms with van der Waals surface area (Å²) in [5.74, 6) is 0.362. The second-order valence-corrected chi connectivity index (χ2v) is 9.05. The van der Waals surface area contributed by atoms with Gasteiger partial charge >= 0.3 is 5.69 Å². The van der Waals surface area contributed by atoms with E-state index in [0.29, 0.717) is 16.7 Å². The lowest BCUT2D eigenvalue weighted by Gasteiger charge is -2.14. The highest BCUT2D eigenvalue weighted by Gasteiger charge is 2.20. The number of H-pyrrole nitrogens is 2. The third kappa shape index (κ3) is 4.42. The lowest BCUT2D eigenvalue weighted by molar-refractivity contribution is 0.0938. The quantitative estimate of drug-likeness (QED) is 0.233. The molecule has 196 valence electrons. The van der Waals surface area contributed by atoms with Gasteiger partial charge in [-0.3, -0.25) is 18.9 Å². The van der Waals surface area contributed by atoms with E-state index in [-0.39, 0.29) is 41.8 Å². The van der Waals surface area contributed by atoms with Gasteiger partial charge in [-0.2, -0.15) is 4.98 Å². The van der Waals surface area contributed by atoms with Gasteiger partial charge < -0.3 is 19.9 Å². The van der Waals surface area contributed by atoms with Crippen molar-refractivity contribution in [2.24, 2.45) is 17.3 Å². The number of aromatic amines is 2. The van der Waals surface area contributed by atoms with Crippen molar-refractivity contribution in [1.82, 2.24) is 24.1 Å². The fourth-order valence-corrected chi connectivity index (χ4v) is 4.49. The normalized spacial score (nSPS) is 12.7. The van der Waals surface area contributed by atoms with E-state index in [1.54, 1.807) is 18.2 Å². The molecule has 0 bridgehead atoms. The number of para-hydroxylation sites is 1. The molecule has 3 aromatic heterocycles. The van der Waals surface area contributed by atoms with Gasteiger partial charge in [0.25, 0.3) is 11.5 Å². The maximum absolute atomic E-state index is 12.8. The van der Waals surface area contributed by atoms with Crippen molar-refractivity contribution in [3.63, 3.8) is 0 Å². The SMILES string of the molecule is Cn1c(=O)[nH]c(=O)c2c1nc(N=Nc1c(O)[nH]c3ccccc13)n2C[C@H](O)COc1ccc2ccccc2c1. The van der Waals surface area contributed by atoms with Gasteiger partial charge in [-0.1, -0.05) is 48.5 Å². The summed E-state index contributed by atoms with van der Waals surface area (Å²) in [5, 5.41) is 32.3. The van der Waals surface area contributed by atoms with Gasteiger partial charge in [-0.25, -0.2) is 4.79 Å². The number of nitrogens with one attached hydrogen (secondary N) is 2. The number of rotatable bonds is 7. The highest BCUT2D eigenvalue weighted by atomic mass is 16.5. The van der Waals surface area contributed by atoms with Gasteiger partial charge in [0, 0.05) is 12.4 Å². The summed E-state index contributed by atoms with van der Waals surface area (Å²) in [6.45, 7) is -0.207. The van der Waals surface area contributed by atoms with E-state index in [4.69, 9.17) is 4.74 Å². The van der Waals surface area contributed by atoms with Crippen molar-refractivity contribution in [1.29, 1.82) is 0 Å². The number of imidazole rings is 1. The molecule has 3 heterocycles. The summed E-state index contributed by atoms with van der Waals surface area (Å²) in [6.07, 6.45) is -1.07. The van der Waals surface area contributed by atoms with Crippen molar-refractivity contribution < 1.29 is 14.9 Å². The average molecular weight is 526 g/mol. The average Bonchev–Trinajstić information content (AvgIpc) is 3.46. The number of aliphatic hydroxyl groups excluding tert-OH is 1. The smallest absolute Gasteiger partial charge is 0.329 e. The molecule has 0 fully saturated rings. The van der Waals surface area contributed by atoms with Crippen LogP contribution in [0.25, 0.3) is 32.8 Å². The van der Waals surface area contributed by atoms with Gasteiger partial charge in [-0.15, -0.1) is 10.2 Å². The Balaban J connectivity index is 1.34. The Bertz CT molecular complexity index is 2000. The highest BCUT2D eigenvalue weighted by molar-refractivity contribution is 5.94. The van der Waals surface area contributed by atoms with Crippen LogP contribution in [-0.4, -0.2) is 47.0 Å². The predicted octanol–water partition coefficient (Wildman–Crippen LogP) is 3.62. The van der Waals surface area contributed by atoms with Crippen molar-refractivity contribution in [3.8, 4) is 11.6 Å². The van der Waals surface area contributed by atoms with Crippen LogP contribution in [0.15, 0.2) is 86.5 Å². The summed E-state index contributed by atoms with van der Waals surface area (Å²) in [7, 11) is 1.46. The number of ether oxygens (including phenoxy) is 1. The molecule has 0 radical (unpaired) electrons. The molecular weight excluding hydrogens is 502 g/mol. The highest BCUT2D eigenvalue weighted by Crippen LogP contribution is 2.36. The standard InChI is InChI=1S/C27H23N7O5/c1-33-23-22(25(37)30-27(33)38)34(13-17(35)14-39-18-11-10-15-6-2-3-7-16(15)12-18)26(29-23)32-31-21-19-8-4-5-9-20(19)28-24(21)36/h2-12,17,28,35-36H,13-14H2,1H3,(H,30,37,38)/t17-/m0/s1. The number of hydrogen-bond acceptors (Lipinski definition) is 8. The molecule has 1 atom stereocenters. The number of aliphatic hydroxyl groups is 1. The molecule has 0 saturated heterocycles. The van der Waals surface area contributed by atoms with Gasteiger partial charge in [-0.05, 0) is 29.0 Å². The molecule has 0 aliphatic carbocycles. The van der Waals surface area contributed by atoms with Crippen molar-refractivity contribution >= 4 is 44.5 Å². The van der Waals surface area contributed by atoms with Crippen LogP contribution in [0.1, 0.15) is 0 Å². The van der Waals surface area contributed by atoms with Crippen molar-refractivity contribution in [2.45, 2.75) is 12.6 Å². The molecule has 0 spiro atoms. The first-order valence-corrected chi connectivity index (χ1v) is 12.1. The van der Waals surface area contributed by atoms with Gasteiger partial charge in [0.15, 0.2) is 16.9 Å². The summed E-state index contributed by atoms with van der Waals surface area (Å²) >= 11 is 0. The van der Waals surface area contributed by atoms with E-state index >= 15 is 0 Å². The molecule has 12 heteroatoms. The minimum Gasteiger partial charge on any atom is -0.493 e. The Hall–Kier alpha value is -5.23. The van der Waals surface area contributed by atoms with Gasteiger partial charge in [0.1, 0.15) is 18.5 Å². The van der Waals surface area contributed by atoms with E-state index in [9.17, 15) is 19.8 Å². The van der Waals surface area contributed by atoms with Crippen LogP contribution in [0, 0.1) is 0 Å². The van der Waals surface area contributed by atoms with Crippen LogP contribution in [0.3, 0.4) is 0 Å². The maximum Gasteiger partial charge on any atom is 0.329 e. The molecule has 0 aliphatic rings. The first-order chi connectivity index (χ1) is 18.9. The van der Waals surface area contributed by atoms with Crippen LogP contribution >= 0.6 is 0 Å². The van der Waals surface area contributed by atoms with E-state index in [0.717, 1.165) is 10.8 Å². The topological polar surface area (TPSA) is 163 Å². The molecule has 39 heavy (non-hydrogen) atoms. The molecular formula is C27H23N7O5. The van der Waals surface area contributed by atoms with E-state index in [2.05, 4.69) is 25.2 Å². The second-order valence-electron chi connectivity index (χ2n) is 9.05. The van der Waals surface area contributed by atoms with Crippen LogP contribution in [0.2, 0.25) is 0 Å². The fourth-order valence-electron chi connectivity index (χ4n) is 4.49. The number of hydrogen-bond donors (Lipinski definition) is 4. The summed E-state index contributed by atoms with van der Waals surface area (Å²) < 4.78 is 8.36. The van der Waals surface area contributed by atoms with Crippen LogP contribution < -0.4 is 16.0 Å². The van der Waals surface area contributed by atoms with Crippen LogP contribution in [0.5, 0.6) is 11.6 Å². The van der Waals surface area contributed by atoms with Gasteiger partial charge in [0.2, 0.25) is 5.88 Å². The summed E-state index contributed by atoms with van der Waals surface area (Å²) in [4.78, 5) is 34.4. The summed E-state index contributed by atoms with van der Waals surface area (Å²) in [5.41, 5.74) is -0.359. The van der Waals surface area contributed by atoms with Crippen LogP contribution in [-0.2, 0) is 13.6 Å². The van der Waals surface area contributed by atoms with Crippen LogP contribution in [0.4, 0.5) is 11.6 Å². The minimum absolute atomic E-state index is 0.0360. The molecule has 6 rings (SSSR count). The monoisotopic (exact) mass is 525 g/mol. The second kappa shape index (κ2) is 9.58. The number of benzene rings is 3. The number of aryl methyl sites for hydroxylation is 1.